The Balaban J connectivity index is 1.85. The van der Waals surface area contributed by atoms with Crippen LogP contribution in [0.25, 0.3) is 6.08 Å². The van der Waals surface area contributed by atoms with Crippen molar-refractivity contribution in [3.05, 3.63) is 77.4 Å². The van der Waals surface area contributed by atoms with Crippen molar-refractivity contribution in [2.75, 3.05) is 0 Å². The normalized spacial score (nSPS) is 13.5. The molecule has 2 nitrogen and oxygen atoms in total. The van der Waals surface area contributed by atoms with Crippen molar-refractivity contribution in [2.24, 2.45) is 0 Å². The lowest BCUT2D eigenvalue weighted by Crippen LogP contribution is -2.23. The van der Waals surface area contributed by atoms with E-state index in [4.69, 9.17) is 0 Å². The second-order valence-electron chi connectivity index (χ2n) is 4.77. The van der Waals surface area contributed by atoms with Crippen LogP contribution in [-0.2, 0) is 13.1 Å². The Morgan fingerprint density at radius 1 is 1.16 bits per heavy atom. The summed E-state index contributed by atoms with van der Waals surface area (Å²) >= 11 is 0. The van der Waals surface area contributed by atoms with Crippen molar-refractivity contribution in [1.29, 1.82) is 0 Å². The fourth-order valence-corrected chi connectivity index (χ4v) is 2.44. The maximum absolute atomic E-state index is 12.4. The second kappa shape index (κ2) is 4.73. The standard InChI is InChI=1S/C17H15NO/c1-2-13-8-9-15-12-18(17(19)16(15)10-13)11-14-6-4-3-5-7-14/h2-10H,1,11-12H2. The molecule has 0 saturated carbocycles. The first kappa shape index (κ1) is 11.7. The predicted molar refractivity (Wildman–Crippen MR) is 76.6 cm³/mol. The first-order chi connectivity index (χ1) is 9.28. The molecule has 0 radical (unpaired) electrons. The van der Waals surface area contributed by atoms with E-state index < -0.39 is 0 Å². The largest absolute Gasteiger partial charge is 0.330 e. The molecule has 0 saturated heterocycles. The van der Waals surface area contributed by atoms with Crippen molar-refractivity contribution >= 4 is 12.0 Å². The third-order valence-electron chi connectivity index (χ3n) is 3.46. The molecule has 94 valence electrons. The number of benzene rings is 2. The van der Waals surface area contributed by atoms with Crippen LogP contribution in [0.3, 0.4) is 0 Å². The number of hydrogen-bond acceptors (Lipinski definition) is 1. The molecule has 0 aromatic heterocycles. The van der Waals surface area contributed by atoms with Crippen molar-refractivity contribution < 1.29 is 4.79 Å². The van der Waals surface area contributed by atoms with E-state index in [1.165, 1.54) is 0 Å². The molecule has 0 bridgehead atoms. The molecule has 0 atom stereocenters. The van der Waals surface area contributed by atoms with Gasteiger partial charge in [0, 0.05) is 18.7 Å². The molecule has 1 aliphatic rings. The fraction of sp³-hybridized carbons (Fsp3) is 0.118. The molecule has 1 aliphatic heterocycles. The van der Waals surface area contributed by atoms with Gasteiger partial charge in [0.25, 0.3) is 5.91 Å². The number of fused-ring (bicyclic) bond motifs is 1. The Morgan fingerprint density at radius 2 is 1.95 bits per heavy atom. The Hall–Kier alpha value is -2.35. The SMILES string of the molecule is C=Cc1ccc2c(c1)C(=O)N(Cc1ccccc1)C2. The quantitative estimate of drug-likeness (QED) is 0.815. The lowest BCUT2D eigenvalue weighted by molar-refractivity contribution is 0.0766. The molecule has 2 heteroatoms. The fourth-order valence-electron chi connectivity index (χ4n) is 2.44. The minimum absolute atomic E-state index is 0.113. The number of hydrogen-bond donors (Lipinski definition) is 0. The van der Waals surface area contributed by atoms with Crippen LogP contribution < -0.4 is 0 Å². The summed E-state index contributed by atoms with van der Waals surface area (Å²) in [6.07, 6.45) is 1.77. The lowest BCUT2D eigenvalue weighted by atomic mass is 10.1. The maximum atomic E-state index is 12.4. The summed E-state index contributed by atoms with van der Waals surface area (Å²) in [5.41, 5.74) is 4.07. The molecule has 0 N–H and O–H groups in total. The first-order valence-corrected chi connectivity index (χ1v) is 6.36. The summed E-state index contributed by atoms with van der Waals surface area (Å²) < 4.78 is 0. The Bertz CT molecular complexity index is 631. The summed E-state index contributed by atoms with van der Waals surface area (Å²) in [5.74, 6) is 0.113. The molecule has 0 unspecified atom stereocenters. The van der Waals surface area contributed by atoms with E-state index in [-0.39, 0.29) is 5.91 Å². The van der Waals surface area contributed by atoms with Gasteiger partial charge in [0.05, 0.1) is 0 Å². The van der Waals surface area contributed by atoms with E-state index in [1.807, 2.05) is 53.4 Å². The van der Waals surface area contributed by atoms with Gasteiger partial charge in [-0.15, -0.1) is 0 Å². The number of carbonyl (C=O) groups is 1. The smallest absolute Gasteiger partial charge is 0.254 e. The minimum Gasteiger partial charge on any atom is -0.330 e. The van der Waals surface area contributed by atoms with Gasteiger partial charge < -0.3 is 4.90 Å². The summed E-state index contributed by atoms with van der Waals surface area (Å²) in [5, 5.41) is 0. The first-order valence-electron chi connectivity index (χ1n) is 6.36. The van der Waals surface area contributed by atoms with E-state index in [0.29, 0.717) is 13.1 Å². The zero-order valence-electron chi connectivity index (χ0n) is 10.7. The summed E-state index contributed by atoms with van der Waals surface area (Å²) in [6, 6.07) is 16.0. The average molecular weight is 249 g/mol. The summed E-state index contributed by atoms with van der Waals surface area (Å²) in [4.78, 5) is 14.2. The van der Waals surface area contributed by atoms with Gasteiger partial charge in [-0.2, -0.15) is 0 Å². The van der Waals surface area contributed by atoms with Gasteiger partial charge in [0.2, 0.25) is 0 Å². The predicted octanol–water partition coefficient (Wildman–Crippen LogP) is 3.49. The maximum Gasteiger partial charge on any atom is 0.254 e. The average Bonchev–Trinajstić information content (AvgIpc) is 2.76. The monoisotopic (exact) mass is 249 g/mol. The Kier molecular flexibility index (Phi) is 2.92. The van der Waals surface area contributed by atoms with Crippen LogP contribution in [0.4, 0.5) is 0 Å². The van der Waals surface area contributed by atoms with Gasteiger partial charge in [-0.1, -0.05) is 55.1 Å². The number of amides is 1. The Labute approximate surface area is 113 Å². The highest BCUT2D eigenvalue weighted by atomic mass is 16.2. The molecule has 2 aromatic carbocycles. The molecule has 1 heterocycles. The number of nitrogens with zero attached hydrogens (tertiary/aromatic N) is 1. The van der Waals surface area contributed by atoms with Gasteiger partial charge in [-0.25, -0.2) is 0 Å². The van der Waals surface area contributed by atoms with E-state index in [0.717, 1.165) is 22.3 Å². The molecule has 3 rings (SSSR count). The van der Waals surface area contributed by atoms with Crippen LogP contribution in [0.1, 0.15) is 27.0 Å². The Morgan fingerprint density at radius 3 is 2.68 bits per heavy atom. The van der Waals surface area contributed by atoms with Crippen LogP contribution >= 0.6 is 0 Å². The van der Waals surface area contributed by atoms with Crippen molar-refractivity contribution in [2.45, 2.75) is 13.1 Å². The van der Waals surface area contributed by atoms with E-state index in [2.05, 4.69) is 6.58 Å². The molecule has 0 aliphatic carbocycles. The highest BCUT2D eigenvalue weighted by Crippen LogP contribution is 2.25. The van der Waals surface area contributed by atoms with Gasteiger partial charge >= 0.3 is 0 Å². The lowest BCUT2D eigenvalue weighted by Gasteiger charge is -2.15. The third-order valence-corrected chi connectivity index (χ3v) is 3.46. The van der Waals surface area contributed by atoms with Crippen LogP contribution in [0, 0.1) is 0 Å². The van der Waals surface area contributed by atoms with Gasteiger partial charge in [-0.05, 0) is 22.8 Å². The molecule has 1 amide bonds. The summed E-state index contributed by atoms with van der Waals surface area (Å²) in [6.45, 7) is 5.10. The molecule has 0 fully saturated rings. The van der Waals surface area contributed by atoms with Crippen LogP contribution in [0.2, 0.25) is 0 Å². The summed E-state index contributed by atoms with van der Waals surface area (Å²) in [7, 11) is 0. The minimum atomic E-state index is 0.113. The molecular weight excluding hydrogens is 234 g/mol. The topological polar surface area (TPSA) is 20.3 Å². The highest BCUT2D eigenvalue weighted by molar-refractivity contribution is 5.98. The third kappa shape index (κ3) is 2.17. The molecule has 2 aromatic rings. The molecule has 19 heavy (non-hydrogen) atoms. The van der Waals surface area contributed by atoms with Crippen LogP contribution in [0.5, 0.6) is 0 Å². The molecular formula is C17H15NO. The van der Waals surface area contributed by atoms with Crippen LogP contribution in [-0.4, -0.2) is 10.8 Å². The molecule has 0 spiro atoms. The van der Waals surface area contributed by atoms with Gasteiger partial charge in [0.1, 0.15) is 0 Å². The van der Waals surface area contributed by atoms with Gasteiger partial charge in [0.15, 0.2) is 0 Å². The zero-order valence-corrected chi connectivity index (χ0v) is 10.7. The van der Waals surface area contributed by atoms with Crippen LogP contribution in [0.15, 0.2) is 55.1 Å². The van der Waals surface area contributed by atoms with Crippen molar-refractivity contribution in [3.63, 3.8) is 0 Å². The zero-order chi connectivity index (χ0) is 13.2. The number of carbonyl (C=O) groups excluding carboxylic acids is 1. The van der Waals surface area contributed by atoms with Crippen molar-refractivity contribution in [1.82, 2.24) is 4.90 Å². The van der Waals surface area contributed by atoms with Gasteiger partial charge in [-0.3, -0.25) is 4.79 Å². The second-order valence-corrected chi connectivity index (χ2v) is 4.77. The van der Waals surface area contributed by atoms with E-state index in [9.17, 15) is 4.79 Å². The highest BCUT2D eigenvalue weighted by Gasteiger charge is 2.27. The number of rotatable bonds is 3. The van der Waals surface area contributed by atoms with E-state index in [1.54, 1.807) is 6.08 Å². The van der Waals surface area contributed by atoms with Crippen molar-refractivity contribution in [3.8, 4) is 0 Å². The van der Waals surface area contributed by atoms with E-state index >= 15 is 0 Å².